The lowest BCUT2D eigenvalue weighted by atomic mass is 10.1. The number of carbonyl (C=O) groups is 1. The van der Waals surface area contributed by atoms with Gasteiger partial charge in [0, 0.05) is 6.61 Å². The van der Waals surface area contributed by atoms with Gasteiger partial charge in [0.05, 0.1) is 0 Å². The van der Waals surface area contributed by atoms with E-state index in [1.807, 2.05) is 0 Å². The number of rotatable bonds is 6. The number of nitrogens with two attached hydrogens (primary N) is 1. The van der Waals surface area contributed by atoms with E-state index in [4.69, 9.17) is 10.5 Å². The van der Waals surface area contributed by atoms with Gasteiger partial charge < -0.3 is 10.5 Å². The smallest absolute Gasteiger partial charge is 0.243 e. The van der Waals surface area contributed by atoms with Gasteiger partial charge in [-0.1, -0.05) is 20.3 Å². The van der Waals surface area contributed by atoms with E-state index in [0.29, 0.717) is 12.5 Å². The zero-order chi connectivity index (χ0) is 8.69. The lowest BCUT2D eigenvalue weighted by Crippen LogP contribution is -2.20. The summed E-state index contributed by atoms with van der Waals surface area (Å²) in [5.74, 6) is 0.132. The summed E-state index contributed by atoms with van der Waals surface area (Å²) in [4.78, 5) is 10.2. The highest BCUT2D eigenvalue weighted by Crippen LogP contribution is 2.04. The number of primary amides is 1. The quantitative estimate of drug-likeness (QED) is 0.626. The van der Waals surface area contributed by atoms with Crippen molar-refractivity contribution < 1.29 is 9.53 Å². The molecule has 0 aromatic carbocycles. The number of hydrogen-bond acceptors (Lipinski definition) is 2. The molecule has 0 radical (unpaired) electrons. The Morgan fingerprint density at radius 2 is 2.27 bits per heavy atom. The fraction of sp³-hybridized carbons (Fsp3) is 0.875. The molecule has 0 heterocycles. The summed E-state index contributed by atoms with van der Waals surface area (Å²) in [6, 6.07) is 0. The molecule has 0 saturated carbocycles. The van der Waals surface area contributed by atoms with Crippen molar-refractivity contribution in [2.75, 3.05) is 13.2 Å². The molecule has 0 aliphatic carbocycles. The van der Waals surface area contributed by atoms with Crippen LogP contribution in [0.3, 0.4) is 0 Å². The predicted molar refractivity (Wildman–Crippen MR) is 44.1 cm³/mol. The highest BCUT2D eigenvalue weighted by atomic mass is 16.5. The molecule has 1 atom stereocenters. The molecule has 0 spiro atoms. The van der Waals surface area contributed by atoms with Crippen molar-refractivity contribution in [1.82, 2.24) is 0 Å². The third-order valence-electron chi connectivity index (χ3n) is 1.43. The first-order valence-electron chi connectivity index (χ1n) is 4.02. The molecule has 0 aliphatic heterocycles. The molecular formula is C8H17NO2. The average Bonchev–Trinajstić information content (AvgIpc) is 1.87. The fourth-order valence-corrected chi connectivity index (χ4v) is 0.937. The molecule has 11 heavy (non-hydrogen) atoms. The summed E-state index contributed by atoms with van der Waals surface area (Å²) >= 11 is 0. The molecule has 0 aromatic heterocycles. The highest BCUT2D eigenvalue weighted by molar-refractivity contribution is 5.74. The van der Waals surface area contributed by atoms with Crippen molar-refractivity contribution in [1.29, 1.82) is 0 Å². The monoisotopic (exact) mass is 159 g/mol. The lowest BCUT2D eigenvalue weighted by molar-refractivity contribution is -0.122. The summed E-state index contributed by atoms with van der Waals surface area (Å²) in [6.07, 6.45) is 2.29. The third-order valence-corrected chi connectivity index (χ3v) is 1.43. The molecule has 3 heteroatoms. The van der Waals surface area contributed by atoms with Gasteiger partial charge in [-0.15, -0.1) is 0 Å². The van der Waals surface area contributed by atoms with E-state index in [0.717, 1.165) is 12.8 Å². The van der Waals surface area contributed by atoms with Gasteiger partial charge >= 0.3 is 0 Å². The lowest BCUT2D eigenvalue weighted by Gasteiger charge is -2.08. The highest BCUT2D eigenvalue weighted by Gasteiger charge is 2.01. The molecular weight excluding hydrogens is 142 g/mol. The summed E-state index contributed by atoms with van der Waals surface area (Å²) in [6.45, 7) is 4.92. The second kappa shape index (κ2) is 6.16. The predicted octanol–water partition coefficient (Wildman–Crippen LogP) is 0.924. The van der Waals surface area contributed by atoms with Crippen LogP contribution in [0.5, 0.6) is 0 Å². The van der Waals surface area contributed by atoms with E-state index in [9.17, 15) is 4.79 Å². The van der Waals surface area contributed by atoms with Crippen LogP contribution in [-0.2, 0) is 9.53 Å². The van der Waals surface area contributed by atoms with E-state index in [-0.39, 0.29) is 6.61 Å². The zero-order valence-corrected chi connectivity index (χ0v) is 7.30. The Hall–Kier alpha value is -0.570. The molecule has 0 aromatic rings. The Morgan fingerprint density at radius 1 is 1.64 bits per heavy atom. The molecule has 66 valence electrons. The van der Waals surface area contributed by atoms with E-state index in [1.165, 1.54) is 0 Å². The summed E-state index contributed by atoms with van der Waals surface area (Å²) in [5.41, 5.74) is 4.89. The van der Waals surface area contributed by atoms with E-state index >= 15 is 0 Å². The molecule has 0 rings (SSSR count). The molecule has 0 saturated heterocycles. The van der Waals surface area contributed by atoms with Crippen LogP contribution in [0.1, 0.15) is 26.7 Å². The van der Waals surface area contributed by atoms with Crippen LogP contribution < -0.4 is 5.73 Å². The first-order valence-corrected chi connectivity index (χ1v) is 4.02. The van der Waals surface area contributed by atoms with Crippen molar-refractivity contribution in [3.8, 4) is 0 Å². The number of ether oxygens (including phenoxy) is 1. The van der Waals surface area contributed by atoms with Gasteiger partial charge in [0.25, 0.3) is 0 Å². The SMILES string of the molecule is CCCC(C)COCC(N)=O. The maximum atomic E-state index is 10.2. The maximum absolute atomic E-state index is 10.2. The van der Waals surface area contributed by atoms with Gasteiger partial charge in [0.1, 0.15) is 6.61 Å². The van der Waals surface area contributed by atoms with Crippen LogP contribution in [-0.4, -0.2) is 19.1 Å². The van der Waals surface area contributed by atoms with Gasteiger partial charge in [-0.2, -0.15) is 0 Å². The first-order chi connectivity index (χ1) is 5.16. The molecule has 0 aliphatic rings. The standard InChI is InChI=1S/C8H17NO2/c1-3-4-7(2)5-11-6-8(9)10/h7H,3-6H2,1-2H3,(H2,9,10). The Balaban J connectivity index is 3.16. The Labute approximate surface area is 67.9 Å². The summed E-state index contributed by atoms with van der Waals surface area (Å²) in [5, 5.41) is 0. The van der Waals surface area contributed by atoms with E-state index in [2.05, 4.69) is 13.8 Å². The van der Waals surface area contributed by atoms with Crippen LogP contribution in [0, 0.1) is 5.92 Å². The third kappa shape index (κ3) is 7.33. The largest absolute Gasteiger partial charge is 0.371 e. The Kier molecular flexibility index (Phi) is 5.84. The topological polar surface area (TPSA) is 52.3 Å². The van der Waals surface area contributed by atoms with Crippen molar-refractivity contribution in [2.45, 2.75) is 26.7 Å². The van der Waals surface area contributed by atoms with Crippen molar-refractivity contribution in [3.63, 3.8) is 0 Å². The first kappa shape index (κ1) is 10.4. The second-order valence-corrected chi connectivity index (χ2v) is 2.88. The summed E-state index contributed by atoms with van der Waals surface area (Å²) < 4.78 is 5.03. The van der Waals surface area contributed by atoms with Crippen molar-refractivity contribution >= 4 is 5.91 Å². The molecule has 1 unspecified atom stereocenters. The van der Waals surface area contributed by atoms with E-state index < -0.39 is 5.91 Å². The minimum absolute atomic E-state index is 0.0497. The van der Waals surface area contributed by atoms with Crippen molar-refractivity contribution in [3.05, 3.63) is 0 Å². The van der Waals surface area contributed by atoms with Gasteiger partial charge in [0.2, 0.25) is 5.91 Å². The van der Waals surface area contributed by atoms with Gasteiger partial charge in [-0.25, -0.2) is 0 Å². The maximum Gasteiger partial charge on any atom is 0.243 e. The fourth-order valence-electron chi connectivity index (χ4n) is 0.937. The zero-order valence-electron chi connectivity index (χ0n) is 7.30. The molecule has 3 nitrogen and oxygen atoms in total. The average molecular weight is 159 g/mol. The van der Waals surface area contributed by atoms with Gasteiger partial charge in [-0.05, 0) is 12.3 Å². The van der Waals surface area contributed by atoms with E-state index in [1.54, 1.807) is 0 Å². The number of amides is 1. The molecule has 0 fully saturated rings. The number of carbonyl (C=O) groups excluding carboxylic acids is 1. The van der Waals surface area contributed by atoms with Crippen molar-refractivity contribution in [2.24, 2.45) is 11.7 Å². The van der Waals surface area contributed by atoms with Crippen LogP contribution >= 0.6 is 0 Å². The van der Waals surface area contributed by atoms with Crippen LogP contribution in [0.25, 0.3) is 0 Å². The minimum atomic E-state index is -0.395. The Bertz CT molecular complexity index is 115. The molecule has 2 N–H and O–H groups in total. The number of hydrogen-bond donors (Lipinski definition) is 1. The van der Waals surface area contributed by atoms with Crippen LogP contribution in [0.15, 0.2) is 0 Å². The molecule has 1 amide bonds. The minimum Gasteiger partial charge on any atom is -0.371 e. The van der Waals surface area contributed by atoms with Gasteiger partial charge in [0.15, 0.2) is 0 Å². The van der Waals surface area contributed by atoms with Crippen LogP contribution in [0.4, 0.5) is 0 Å². The summed E-state index contributed by atoms with van der Waals surface area (Å²) in [7, 11) is 0. The molecule has 0 bridgehead atoms. The Morgan fingerprint density at radius 3 is 2.73 bits per heavy atom. The normalized spacial score (nSPS) is 12.9. The second-order valence-electron chi connectivity index (χ2n) is 2.88. The van der Waals surface area contributed by atoms with Gasteiger partial charge in [-0.3, -0.25) is 4.79 Å². The van der Waals surface area contributed by atoms with Crippen LogP contribution in [0.2, 0.25) is 0 Å².